The zero-order valence-electron chi connectivity index (χ0n) is 11.3. The first kappa shape index (κ1) is 16.2. The lowest BCUT2D eigenvalue weighted by atomic mass is 10.1. The van der Waals surface area contributed by atoms with Gasteiger partial charge in [-0.15, -0.1) is 0 Å². The fourth-order valence-corrected chi connectivity index (χ4v) is 4.29. The van der Waals surface area contributed by atoms with Crippen molar-refractivity contribution in [3.8, 4) is 0 Å². The SMILES string of the molecule is CSC1(CNS(=O)(=O)N(C)CCCN)CCCC1. The highest BCUT2D eigenvalue weighted by atomic mass is 32.2. The van der Waals surface area contributed by atoms with Crippen LogP contribution >= 0.6 is 11.8 Å². The van der Waals surface area contributed by atoms with Gasteiger partial charge in [-0.2, -0.15) is 24.5 Å². The van der Waals surface area contributed by atoms with Crippen molar-refractivity contribution in [2.45, 2.75) is 36.9 Å². The molecule has 0 bridgehead atoms. The van der Waals surface area contributed by atoms with E-state index in [9.17, 15) is 8.42 Å². The van der Waals surface area contributed by atoms with Crippen LogP contribution in [0.3, 0.4) is 0 Å². The molecular formula is C11H25N3O2S2. The molecule has 7 heteroatoms. The monoisotopic (exact) mass is 295 g/mol. The average Bonchev–Trinajstić information content (AvgIpc) is 2.83. The normalized spacial score (nSPS) is 19.6. The maximum atomic E-state index is 12.0. The van der Waals surface area contributed by atoms with Gasteiger partial charge in [0, 0.05) is 24.9 Å². The minimum atomic E-state index is -3.35. The van der Waals surface area contributed by atoms with E-state index >= 15 is 0 Å². The van der Waals surface area contributed by atoms with Crippen molar-refractivity contribution in [3.63, 3.8) is 0 Å². The highest BCUT2D eigenvalue weighted by Gasteiger charge is 2.34. The van der Waals surface area contributed by atoms with E-state index in [1.165, 1.54) is 17.1 Å². The van der Waals surface area contributed by atoms with Gasteiger partial charge in [0.15, 0.2) is 0 Å². The van der Waals surface area contributed by atoms with Crippen molar-refractivity contribution in [1.29, 1.82) is 0 Å². The van der Waals surface area contributed by atoms with Crippen LogP contribution in [0.2, 0.25) is 0 Å². The van der Waals surface area contributed by atoms with Gasteiger partial charge in [0.1, 0.15) is 0 Å². The average molecular weight is 295 g/mol. The third-order valence-corrected chi connectivity index (χ3v) is 6.54. The Morgan fingerprint density at radius 1 is 1.39 bits per heavy atom. The Kier molecular flexibility index (Phi) is 6.40. The van der Waals surface area contributed by atoms with Crippen LogP contribution in [0.25, 0.3) is 0 Å². The van der Waals surface area contributed by atoms with E-state index in [2.05, 4.69) is 11.0 Å². The van der Waals surface area contributed by atoms with Crippen LogP contribution in [0.5, 0.6) is 0 Å². The first-order chi connectivity index (χ1) is 8.46. The summed E-state index contributed by atoms with van der Waals surface area (Å²) in [5, 5.41) is 0. The number of nitrogens with two attached hydrogens (primary N) is 1. The van der Waals surface area contributed by atoms with Crippen molar-refractivity contribution in [1.82, 2.24) is 9.03 Å². The van der Waals surface area contributed by atoms with Crippen LogP contribution in [-0.4, -0.2) is 50.4 Å². The molecule has 0 atom stereocenters. The number of nitrogens with zero attached hydrogens (tertiary/aromatic N) is 1. The molecule has 3 N–H and O–H groups in total. The molecule has 0 aliphatic heterocycles. The Labute approximate surface area is 115 Å². The predicted molar refractivity (Wildman–Crippen MR) is 77.9 cm³/mol. The summed E-state index contributed by atoms with van der Waals surface area (Å²) >= 11 is 1.78. The molecule has 1 saturated carbocycles. The minimum absolute atomic E-state index is 0.0990. The smallest absolute Gasteiger partial charge is 0.279 e. The molecule has 0 spiro atoms. The van der Waals surface area contributed by atoms with Crippen LogP contribution in [0.1, 0.15) is 32.1 Å². The van der Waals surface area contributed by atoms with Gasteiger partial charge in [-0.1, -0.05) is 12.8 Å². The number of nitrogens with one attached hydrogen (secondary N) is 1. The number of hydrogen-bond acceptors (Lipinski definition) is 4. The maximum absolute atomic E-state index is 12.0. The molecule has 0 heterocycles. The lowest BCUT2D eigenvalue weighted by Gasteiger charge is -2.28. The predicted octanol–water partition coefficient (Wildman–Crippen LogP) is 0.777. The van der Waals surface area contributed by atoms with Crippen molar-refractivity contribution in [3.05, 3.63) is 0 Å². The van der Waals surface area contributed by atoms with Gasteiger partial charge in [0.05, 0.1) is 0 Å². The Morgan fingerprint density at radius 3 is 2.50 bits per heavy atom. The van der Waals surface area contributed by atoms with Crippen molar-refractivity contribution >= 4 is 22.0 Å². The van der Waals surface area contributed by atoms with Crippen molar-refractivity contribution in [2.75, 3.05) is 32.9 Å². The summed E-state index contributed by atoms with van der Waals surface area (Å²) in [5.41, 5.74) is 5.39. The van der Waals surface area contributed by atoms with E-state index in [-0.39, 0.29) is 4.75 Å². The summed E-state index contributed by atoms with van der Waals surface area (Å²) in [6, 6.07) is 0. The van der Waals surface area contributed by atoms with Gasteiger partial charge < -0.3 is 5.73 Å². The Hall–Kier alpha value is 0.180. The molecule has 1 aliphatic rings. The van der Waals surface area contributed by atoms with E-state index in [1.807, 2.05) is 0 Å². The first-order valence-electron chi connectivity index (χ1n) is 6.42. The molecule has 5 nitrogen and oxygen atoms in total. The van der Waals surface area contributed by atoms with E-state index in [0.717, 1.165) is 12.8 Å². The molecule has 0 saturated heterocycles. The molecule has 0 aromatic carbocycles. The topological polar surface area (TPSA) is 75.4 Å². The van der Waals surface area contributed by atoms with Gasteiger partial charge in [-0.25, -0.2) is 4.72 Å². The van der Waals surface area contributed by atoms with Gasteiger partial charge in [0.25, 0.3) is 10.2 Å². The quantitative estimate of drug-likeness (QED) is 0.694. The van der Waals surface area contributed by atoms with Crippen molar-refractivity contribution in [2.24, 2.45) is 5.73 Å². The zero-order valence-corrected chi connectivity index (χ0v) is 12.9. The molecule has 0 aromatic heterocycles. The van der Waals surface area contributed by atoms with Gasteiger partial charge in [-0.3, -0.25) is 0 Å². The molecule has 0 amide bonds. The van der Waals surface area contributed by atoms with Crippen LogP contribution in [0.4, 0.5) is 0 Å². The van der Waals surface area contributed by atoms with Crippen LogP contribution in [0, 0.1) is 0 Å². The van der Waals surface area contributed by atoms with Crippen LogP contribution in [-0.2, 0) is 10.2 Å². The van der Waals surface area contributed by atoms with Crippen LogP contribution in [0.15, 0.2) is 0 Å². The van der Waals surface area contributed by atoms with E-state index in [0.29, 0.717) is 26.1 Å². The molecule has 0 aromatic rings. The zero-order chi connectivity index (χ0) is 13.6. The van der Waals surface area contributed by atoms with Gasteiger partial charge in [-0.05, 0) is 32.1 Å². The molecule has 1 fully saturated rings. The second-order valence-electron chi connectivity index (χ2n) is 4.88. The summed E-state index contributed by atoms with van der Waals surface area (Å²) in [5.74, 6) is 0. The third kappa shape index (κ3) is 4.38. The third-order valence-electron chi connectivity index (χ3n) is 3.61. The summed E-state index contributed by atoms with van der Waals surface area (Å²) in [6.07, 6.45) is 7.35. The van der Waals surface area contributed by atoms with Crippen LogP contribution < -0.4 is 10.5 Å². The van der Waals surface area contributed by atoms with Gasteiger partial charge >= 0.3 is 0 Å². The number of rotatable bonds is 8. The molecule has 1 rings (SSSR count). The maximum Gasteiger partial charge on any atom is 0.279 e. The first-order valence-corrected chi connectivity index (χ1v) is 9.08. The highest BCUT2D eigenvalue weighted by molar-refractivity contribution is 8.00. The fourth-order valence-electron chi connectivity index (χ4n) is 2.24. The standard InChI is InChI=1S/C11H25N3O2S2/c1-14(9-5-8-12)18(15,16)13-10-11(17-2)6-3-4-7-11/h13H,3-10,12H2,1-2H3. The molecular weight excluding hydrogens is 270 g/mol. The molecule has 108 valence electrons. The minimum Gasteiger partial charge on any atom is -0.330 e. The Morgan fingerprint density at radius 2 is 2.00 bits per heavy atom. The lowest BCUT2D eigenvalue weighted by molar-refractivity contribution is 0.446. The number of hydrogen-bond donors (Lipinski definition) is 2. The molecule has 0 unspecified atom stereocenters. The number of thioether (sulfide) groups is 1. The lowest BCUT2D eigenvalue weighted by Crippen LogP contribution is -2.45. The molecule has 1 aliphatic carbocycles. The second-order valence-corrected chi connectivity index (χ2v) is 8.02. The summed E-state index contributed by atoms with van der Waals surface area (Å²) in [6.45, 7) is 1.51. The van der Waals surface area contributed by atoms with E-state index in [1.54, 1.807) is 18.8 Å². The molecule has 18 heavy (non-hydrogen) atoms. The van der Waals surface area contributed by atoms with Gasteiger partial charge in [0.2, 0.25) is 0 Å². The summed E-state index contributed by atoms with van der Waals surface area (Å²) < 4.78 is 28.2. The van der Waals surface area contributed by atoms with E-state index < -0.39 is 10.2 Å². The summed E-state index contributed by atoms with van der Waals surface area (Å²) in [7, 11) is -1.76. The Bertz CT molecular complexity index is 340. The molecule has 0 radical (unpaired) electrons. The fraction of sp³-hybridized carbons (Fsp3) is 1.00. The van der Waals surface area contributed by atoms with E-state index in [4.69, 9.17) is 5.73 Å². The summed E-state index contributed by atoms with van der Waals surface area (Å²) in [4.78, 5) is 0. The second kappa shape index (κ2) is 7.09. The highest BCUT2D eigenvalue weighted by Crippen LogP contribution is 2.39. The van der Waals surface area contributed by atoms with Crippen molar-refractivity contribution < 1.29 is 8.42 Å². The largest absolute Gasteiger partial charge is 0.330 e. The Balaban J connectivity index is 2.50.